The molecule has 2 aromatic carbocycles. The minimum absolute atomic E-state index is 0.108. The topological polar surface area (TPSA) is 68.2 Å². The molecule has 0 spiro atoms. The molecule has 132 valence electrons. The number of aliphatic hydroxyl groups is 2. The number of fused-ring (bicyclic) bond motifs is 1. The van der Waals surface area contributed by atoms with Crippen molar-refractivity contribution in [3.8, 4) is 0 Å². The molecule has 25 heavy (non-hydrogen) atoms. The van der Waals surface area contributed by atoms with Gasteiger partial charge in [0.1, 0.15) is 0 Å². The molecule has 2 aromatic rings. The first-order chi connectivity index (χ1) is 12.2. The van der Waals surface area contributed by atoms with Crippen LogP contribution in [0.1, 0.15) is 11.9 Å². The number of benzene rings is 2. The summed E-state index contributed by atoms with van der Waals surface area (Å²) >= 11 is -0.108. The van der Waals surface area contributed by atoms with Crippen LogP contribution in [0.15, 0.2) is 60.7 Å². The summed E-state index contributed by atoms with van der Waals surface area (Å²) in [7, 11) is 0. The van der Waals surface area contributed by atoms with Gasteiger partial charge in [-0.1, -0.05) is 0 Å². The number of rotatable bonds is 3. The van der Waals surface area contributed by atoms with Crippen LogP contribution in [0.2, 0.25) is 0 Å². The van der Waals surface area contributed by atoms with Gasteiger partial charge in [0.2, 0.25) is 0 Å². The monoisotopic (exact) mass is 408 g/mol. The minimum atomic E-state index is -0.996. The molecule has 2 heterocycles. The summed E-state index contributed by atoms with van der Waals surface area (Å²) < 4.78 is 18.8. The maximum absolute atomic E-state index is 10.6. The van der Waals surface area contributed by atoms with E-state index in [9.17, 15) is 10.2 Å². The second kappa shape index (κ2) is 7.56. The van der Waals surface area contributed by atoms with Crippen LogP contribution in [-0.2, 0) is 14.2 Å². The Morgan fingerprint density at radius 1 is 0.840 bits per heavy atom. The summed E-state index contributed by atoms with van der Waals surface area (Å²) in [6, 6.07) is 19.5. The molecule has 2 N–H and O–H groups in total. The predicted molar refractivity (Wildman–Crippen MR) is 92.5 cm³/mol. The van der Waals surface area contributed by atoms with Crippen LogP contribution in [0.25, 0.3) is 0 Å². The van der Waals surface area contributed by atoms with Crippen molar-refractivity contribution in [3.63, 3.8) is 0 Å². The SMILES string of the molecule is O[C@@H]1[C@@H](O)[C@H]([Se]c2ccccc2)O[C@@H]2COC(c3ccccc3)O[C@@H]12. The van der Waals surface area contributed by atoms with Crippen molar-refractivity contribution in [2.45, 2.75) is 35.7 Å². The molecular weight excluding hydrogens is 387 g/mol. The van der Waals surface area contributed by atoms with E-state index >= 15 is 0 Å². The van der Waals surface area contributed by atoms with Crippen LogP contribution in [-0.4, -0.2) is 61.2 Å². The third-order valence-electron chi connectivity index (χ3n) is 4.40. The number of aliphatic hydroxyl groups excluding tert-OH is 2. The molecule has 2 fully saturated rings. The summed E-state index contributed by atoms with van der Waals surface area (Å²) in [6.45, 7) is 0.329. The van der Waals surface area contributed by atoms with Crippen LogP contribution in [0.5, 0.6) is 0 Å². The summed E-state index contributed by atoms with van der Waals surface area (Å²) in [5.41, 5.74) is 0.887. The number of hydrogen-bond acceptors (Lipinski definition) is 5. The summed E-state index contributed by atoms with van der Waals surface area (Å²) in [5, 5.41) is 20.7. The molecule has 5 nitrogen and oxygen atoms in total. The second-order valence-corrected chi connectivity index (χ2v) is 8.59. The van der Waals surface area contributed by atoms with Gasteiger partial charge in [0.05, 0.1) is 0 Å². The molecule has 0 saturated carbocycles. The fourth-order valence-corrected chi connectivity index (χ4v) is 5.36. The van der Waals surface area contributed by atoms with Gasteiger partial charge >= 0.3 is 152 Å². The van der Waals surface area contributed by atoms with Gasteiger partial charge in [-0.05, 0) is 0 Å². The summed E-state index contributed by atoms with van der Waals surface area (Å²) in [4.78, 5) is 0. The van der Waals surface area contributed by atoms with E-state index in [2.05, 4.69) is 0 Å². The standard InChI is InChI=1S/C19H20O5Se/c20-15-16(21)19(25-13-9-5-2-6-10-13)23-14-11-22-18(24-17(14)15)12-7-3-1-4-8-12/h1-10,14-21H,11H2/t14-,15-,16-,17-,18?,19+/m1/s1. The van der Waals surface area contributed by atoms with Crippen molar-refractivity contribution in [1.29, 1.82) is 0 Å². The van der Waals surface area contributed by atoms with E-state index in [1.165, 1.54) is 0 Å². The first-order valence-corrected chi connectivity index (χ1v) is 10.1. The third kappa shape index (κ3) is 3.66. The Kier molecular flexibility index (Phi) is 5.20. The zero-order chi connectivity index (χ0) is 17.2. The molecule has 4 rings (SSSR count). The zero-order valence-corrected chi connectivity index (χ0v) is 15.2. The second-order valence-electron chi connectivity index (χ2n) is 6.13. The molecular formula is C19H20O5Se. The van der Waals surface area contributed by atoms with Gasteiger partial charge in [-0.2, -0.15) is 0 Å². The van der Waals surface area contributed by atoms with E-state index in [0.717, 1.165) is 10.0 Å². The Labute approximate surface area is 152 Å². The quantitative estimate of drug-likeness (QED) is 0.729. The fraction of sp³-hybridized carbons (Fsp3) is 0.368. The van der Waals surface area contributed by atoms with Crippen molar-refractivity contribution in [1.82, 2.24) is 0 Å². The van der Waals surface area contributed by atoms with Crippen LogP contribution >= 0.6 is 0 Å². The average molecular weight is 407 g/mol. The van der Waals surface area contributed by atoms with Crippen LogP contribution in [0.3, 0.4) is 0 Å². The third-order valence-corrected chi connectivity index (χ3v) is 6.85. The molecule has 0 aromatic heterocycles. The number of ether oxygens (including phenoxy) is 3. The Morgan fingerprint density at radius 2 is 1.52 bits per heavy atom. The Bertz CT molecular complexity index is 681. The number of hydrogen-bond donors (Lipinski definition) is 2. The molecule has 2 aliphatic rings. The molecule has 6 heteroatoms. The van der Waals surface area contributed by atoms with E-state index in [1.54, 1.807) is 0 Å². The van der Waals surface area contributed by atoms with Gasteiger partial charge < -0.3 is 0 Å². The first-order valence-electron chi connectivity index (χ1n) is 8.28. The van der Waals surface area contributed by atoms with Gasteiger partial charge in [0, 0.05) is 0 Å². The van der Waals surface area contributed by atoms with Gasteiger partial charge in [-0.3, -0.25) is 0 Å². The van der Waals surface area contributed by atoms with E-state index < -0.39 is 29.6 Å². The molecule has 2 saturated heterocycles. The van der Waals surface area contributed by atoms with Crippen LogP contribution in [0.4, 0.5) is 0 Å². The Balaban J connectivity index is 1.46. The molecule has 2 aliphatic heterocycles. The van der Waals surface area contributed by atoms with Gasteiger partial charge in [-0.25, -0.2) is 0 Å². The van der Waals surface area contributed by atoms with Crippen molar-refractivity contribution >= 4 is 19.4 Å². The van der Waals surface area contributed by atoms with Crippen molar-refractivity contribution in [3.05, 3.63) is 66.2 Å². The maximum atomic E-state index is 10.6. The molecule has 0 amide bonds. The van der Waals surface area contributed by atoms with Gasteiger partial charge in [0.15, 0.2) is 0 Å². The zero-order valence-electron chi connectivity index (χ0n) is 13.5. The Hall–Kier alpha value is -1.24. The van der Waals surface area contributed by atoms with E-state index in [-0.39, 0.29) is 21.1 Å². The molecule has 1 unspecified atom stereocenters. The van der Waals surface area contributed by atoms with E-state index in [1.807, 2.05) is 60.7 Å². The average Bonchev–Trinajstić information content (AvgIpc) is 2.67. The molecule has 0 bridgehead atoms. The fourth-order valence-electron chi connectivity index (χ4n) is 3.09. The van der Waals surface area contributed by atoms with Crippen molar-refractivity contribution in [2.75, 3.05) is 6.61 Å². The summed E-state index contributed by atoms with van der Waals surface area (Å²) in [5.74, 6) is 0. The first kappa shape index (κ1) is 17.2. The predicted octanol–water partition coefficient (Wildman–Crippen LogP) is 0.577. The van der Waals surface area contributed by atoms with Crippen molar-refractivity contribution < 1.29 is 24.4 Å². The van der Waals surface area contributed by atoms with E-state index in [4.69, 9.17) is 14.2 Å². The van der Waals surface area contributed by atoms with Gasteiger partial charge in [0.25, 0.3) is 0 Å². The van der Waals surface area contributed by atoms with Gasteiger partial charge in [-0.15, -0.1) is 0 Å². The summed E-state index contributed by atoms with van der Waals surface area (Å²) in [6.07, 6.45) is -3.50. The van der Waals surface area contributed by atoms with E-state index in [0.29, 0.717) is 6.61 Å². The molecule has 0 radical (unpaired) electrons. The van der Waals surface area contributed by atoms with Crippen LogP contribution in [0, 0.1) is 0 Å². The normalized spacial score (nSPS) is 35.1. The Morgan fingerprint density at radius 3 is 2.24 bits per heavy atom. The molecule has 6 atom stereocenters. The molecule has 0 aliphatic carbocycles. The van der Waals surface area contributed by atoms with Crippen molar-refractivity contribution in [2.24, 2.45) is 0 Å². The van der Waals surface area contributed by atoms with Crippen LogP contribution < -0.4 is 4.46 Å².